The topological polar surface area (TPSA) is 24.1 Å². The summed E-state index contributed by atoms with van der Waals surface area (Å²) in [6, 6.07) is 6.33. The molecule has 0 amide bonds. The second-order valence-electron chi connectivity index (χ2n) is 3.88. The molecule has 15 heavy (non-hydrogen) atoms. The molecule has 0 bridgehead atoms. The third-order valence-electron chi connectivity index (χ3n) is 2.47. The second-order valence-corrected chi connectivity index (χ2v) is 3.88. The molecule has 1 aromatic rings. The molecule has 0 heterocycles. The Bertz CT molecular complexity index is 342. The molecule has 0 spiro atoms. The fourth-order valence-electron chi connectivity index (χ4n) is 1.42. The summed E-state index contributed by atoms with van der Waals surface area (Å²) in [6.45, 7) is 11.9. The number of benzene rings is 1. The van der Waals surface area contributed by atoms with Crippen molar-refractivity contribution in [2.75, 3.05) is 18.4 Å². The number of anilines is 1. The van der Waals surface area contributed by atoms with E-state index in [1.54, 1.807) is 0 Å². The highest BCUT2D eigenvalue weighted by atomic mass is 14.9. The zero-order valence-electron chi connectivity index (χ0n) is 9.85. The van der Waals surface area contributed by atoms with Gasteiger partial charge in [0.25, 0.3) is 0 Å². The van der Waals surface area contributed by atoms with E-state index in [9.17, 15) is 0 Å². The van der Waals surface area contributed by atoms with Crippen LogP contribution in [0.3, 0.4) is 0 Å². The molecule has 2 heteroatoms. The minimum atomic E-state index is 0.905. The van der Waals surface area contributed by atoms with E-state index < -0.39 is 0 Å². The van der Waals surface area contributed by atoms with Gasteiger partial charge >= 0.3 is 0 Å². The fraction of sp³-hybridized carbons (Fsp3) is 0.385. The first kappa shape index (κ1) is 11.6. The van der Waals surface area contributed by atoms with Gasteiger partial charge < -0.3 is 10.6 Å². The Labute approximate surface area is 92.4 Å². The summed E-state index contributed by atoms with van der Waals surface area (Å²) < 4.78 is 0. The minimum Gasteiger partial charge on any atom is -0.387 e. The van der Waals surface area contributed by atoms with Gasteiger partial charge in [-0.05, 0) is 38.0 Å². The summed E-state index contributed by atoms with van der Waals surface area (Å²) in [4.78, 5) is 0. The molecule has 0 saturated carbocycles. The van der Waals surface area contributed by atoms with Crippen molar-refractivity contribution in [3.8, 4) is 0 Å². The van der Waals surface area contributed by atoms with Gasteiger partial charge in [0.1, 0.15) is 0 Å². The van der Waals surface area contributed by atoms with Crippen molar-refractivity contribution in [2.24, 2.45) is 0 Å². The Morgan fingerprint density at radius 2 is 2.00 bits per heavy atom. The highest BCUT2D eigenvalue weighted by molar-refractivity contribution is 5.53. The first-order valence-corrected chi connectivity index (χ1v) is 5.30. The van der Waals surface area contributed by atoms with Gasteiger partial charge in [0.2, 0.25) is 0 Å². The molecule has 1 rings (SSSR count). The first-order chi connectivity index (χ1) is 7.11. The van der Waals surface area contributed by atoms with Crippen molar-refractivity contribution in [2.45, 2.75) is 20.8 Å². The zero-order chi connectivity index (χ0) is 11.3. The molecule has 0 aliphatic carbocycles. The molecule has 2 N–H and O–H groups in total. The first-order valence-electron chi connectivity index (χ1n) is 5.30. The fourth-order valence-corrected chi connectivity index (χ4v) is 1.42. The SMILES string of the molecule is C=C(C)NCCNc1cccc(C)c1C. The standard InChI is InChI=1S/C13H20N2/c1-10(2)14-8-9-15-13-7-5-6-11(3)12(13)4/h5-7,14-15H,1,8-9H2,2-4H3. The Hall–Kier alpha value is -1.44. The van der Waals surface area contributed by atoms with Crippen LogP contribution in [0.2, 0.25) is 0 Å². The summed E-state index contributed by atoms with van der Waals surface area (Å²) >= 11 is 0. The van der Waals surface area contributed by atoms with Gasteiger partial charge in [0.15, 0.2) is 0 Å². The van der Waals surface area contributed by atoms with Crippen LogP contribution in [0.1, 0.15) is 18.1 Å². The van der Waals surface area contributed by atoms with Crippen molar-refractivity contribution < 1.29 is 0 Å². The molecule has 0 atom stereocenters. The smallest absolute Gasteiger partial charge is 0.0373 e. The highest BCUT2D eigenvalue weighted by Crippen LogP contribution is 2.17. The van der Waals surface area contributed by atoms with Crippen molar-refractivity contribution in [1.29, 1.82) is 0 Å². The molecule has 0 fully saturated rings. The summed E-state index contributed by atoms with van der Waals surface area (Å²) in [5.41, 5.74) is 4.89. The monoisotopic (exact) mass is 204 g/mol. The lowest BCUT2D eigenvalue weighted by Crippen LogP contribution is -2.20. The van der Waals surface area contributed by atoms with Crippen LogP contribution in [0.25, 0.3) is 0 Å². The number of hydrogen-bond donors (Lipinski definition) is 2. The van der Waals surface area contributed by atoms with E-state index in [1.807, 2.05) is 6.92 Å². The lowest BCUT2D eigenvalue weighted by Gasteiger charge is -2.12. The van der Waals surface area contributed by atoms with Crippen LogP contribution in [0.5, 0.6) is 0 Å². The Kier molecular flexibility index (Phi) is 4.22. The highest BCUT2D eigenvalue weighted by Gasteiger charge is 1.98. The van der Waals surface area contributed by atoms with Crippen LogP contribution in [0.4, 0.5) is 5.69 Å². The number of aryl methyl sites for hydroxylation is 1. The van der Waals surface area contributed by atoms with Gasteiger partial charge in [0.05, 0.1) is 0 Å². The van der Waals surface area contributed by atoms with E-state index in [0.29, 0.717) is 0 Å². The van der Waals surface area contributed by atoms with Crippen molar-refractivity contribution in [3.63, 3.8) is 0 Å². The van der Waals surface area contributed by atoms with E-state index in [4.69, 9.17) is 0 Å². The van der Waals surface area contributed by atoms with Gasteiger partial charge in [-0.1, -0.05) is 18.7 Å². The Balaban J connectivity index is 2.44. The van der Waals surface area contributed by atoms with Crippen molar-refractivity contribution in [1.82, 2.24) is 5.32 Å². The molecular formula is C13H20N2. The number of rotatable bonds is 5. The molecule has 0 unspecified atom stereocenters. The third-order valence-corrected chi connectivity index (χ3v) is 2.47. The molecule has 1 aromatic carbocycles. The van der Waals surface area contributed by atoms with Crippen molar-refractivity contribution in [3.05, 3.63) is 41.6 Å². The predicted molar refractivity (Wildman–Crippen MR) is 67.2 cm³/mol. The predicted octanol–water partition coefficient (Wildman–Crippen LogP) is 2.84. The van der Waals surface area contributed by atoms with Gasteiger partial charge in [-0.2, -0.15) is 0 Å². The molecule has 0 saturated heterocycles. The number of hydrogen-bond acceptors (Lipinski definition) is 2. The Morgan fingerprint density at radius 3 is 2.67 bits per heavy atom. The molecule has 2 nitrogen and oxygen atoms in total. The van der Waals surface area contributed by atoms with E-state index in [-0.39, 0.29) is 0 Å². The summed E-state index contributed by atoms with van der Waals surface area (Å²) in [5.74, 6) is 0. The molecule has 82 valence electrons. The summed E-state index contributed by atoms with van der Waals surface area (Å²) in [6.07, 6.45) is 0. The summed E-state index contributed by atoms with van der Waals surface area (Å²) in [7, 11) is 0. The van der Waals surface area contributed by atoms with Crippen molar-refractivity contribution >= 4 is 5.69 Å². The summed E-state index contributed by atoms with van der Waals surface area (Å²) in [5, 5.41) is 6.60. The lowest BCUT2D eigenvalue weighted by molar-refractivity contribution is 0.821. The van der Waals surface area contributed by atoms with Gasteiger partial charge in [-0.3, -0.25) is 0 Å². The second kappa shape index (κ2) is 5.44. The normalized spacial score (nSPS) is 9.80. The number of allylic oxidation sites excluding steroid dienone is 1. The van der Waals surface area contributed by atoms with E-state index in [1.165, 1.54) is 16.8 Å². The third kappa shape index (κ3) is 3.66. The average molecular weight is 204 g/mol. The molecule has 0 aromatic heterocycles. The molecule has 0 radical (unpaired) electrons. The van der Waals surface area contributed by atoms with E-state index in [0.717, 1.165) is 18.8 Å². The van der Waals surface area contributed by atoms with Crippen LogP contribution in [-0.4, -0.2) is 13.1 Å². The van der Waals surface area contributed by atoms with Crippen LogP contribution in [0, 0.1) is 13.8 Å². The quantitative estimate of drug-likeness (QED) is 0.721. The van der Waals surface area contributed by atoms with Gasteiger partial charge in [0, 0.05) is 24.5 Å². The molecule has 0 aliphatic rings. The Morgan fingerprint density at radius 1 is 1.27 bits per heavy atom. The number of nitrogens with one attached hydrogen (secondary N) is 2. The minimum absolute atomic E-state index is 0.905. The van der Waals surface area contributed by atoms with Crippen LogP contribution in [-0.2, 0) is 0 Å². The van der Waals surface area contributed by atoms with E-state index in [2.05, 4.69) is 49.3 Å². The van der Waals surface area contributed by atoms with Gasteiger partial charge in [-0.25, -0.2) is 0 Å². The molecular weight excluding hydrogens is 184 g/mol. The lowest BCUT2D eigenvalue weighted by atomic mass is 10.1. The average Bonchev–Trinajstić information content (AvgIpc) is 2.18. The maximum absolute atomic E-state index is 3.79. The maximum Gasteiger partial charge on any atom is 0.0373 e. The van der Waals surface area contributed by atoms with Crippen LogP contribution >= 0.6 is 0 Å². The van der Waals surface area contributed by atoms with Crippen LogP contribution < -0.4 is 10.6 Å². The van der Waals surface area contributed by atoms with Gasteiger partial charge in [-0.15, -0.1) is 0 Å². The largest absolute Gasteiger partial charge is 0.387 e. The van der Waals surface area contributed by atoms with E-state index >= 15 is 0 Å². The zero-order valence-corrected chi connectivity index (χ0v) is 9.85. The molecule has 0 aliphatic heterocycles. The maximum atomic E-state index is 3.79. The van der Waals surface area contributed by atoms with Crippen LogP contribution in [0.15, 0.2) is 30.5 Å².